The SMILES string of the molecule is CCCNC(=O)N(C)c1cccc(C(N)=NO)c1. The summed E-state index contributed by atoms with van der Waals surface area (Å²) < 4.78 is 0. The Morgan fingerprint density at radius 3 is 2.89 bits per heavy atom. The van der Waals surface area contributed by atoms with Gasteiger partial charge in [-0.2, -0.15) is 0 Å². The van der Waals surface area contributed by atoms with Gasteiger partial charge in [0.1, 0.15) is 0 Å². The van der Waals surface area contributed by atoms with Crippen LogP contribution in [0.15, 0.2) is 29.4 Å². The number of oxime groups is 1. The van der Waals surface area contributed by atoms with Crippen LogP contribution in [0.25, 0.3) is 0 Å². The molecule has 0 aromatic heterocycles. The molecule has 0 bridgehead atoms. The Morgan fingerprint density at radius 1 is 1.56 bits per heavy atom. The highest BCUT2D eigenvalue weighted by atomic mass is 16.4. The highest BCUT2D eigenvalue weighted by Gasteiger charge is 2.10. The topological polar surface area (TPSA) is 91.0 Å². The molecule has 0 aliphatic heterocycles. The third-order valence-electron chi connectivity index (χ3n) is 2.47. The Morgan fingerprint density at radius 2 is 2.28 bits per heavy atom. The largest absolute Gasteiger partial charge is 0.409 e. The van der Waals surface area contributed by atoms with Gasteiger partial charge in [0.25, 0.3) is 0 Å². The minimum absolute atomic E-state index is 0.0132. The molecule has 4 N–H and O–H groups in total. The number of nitrogens with zero attached hydrogens (tertiary/aromatic N) is 2. The number of carbonyl (C=O) groups excluding carboxylic acids is 1. The van der Waals surface area contributed by atoms with Crippen LogP contribution in [-0.4, -0.2) is 30.7 Å². The number of urea groups is 1. The molecule has 1 aromatic carbocycles. The van der Waals surface area contributed by atoms with Crippen LogP contribution >= 0.6 is 0 Å². The molecule has 18 heavy (non-hydrogen) atoms. The van der Waals surface area contributed by atoms with Gasteiger partial charge in [0, 0.05) is 24.8 Å². The molecule has 0 radical (unpaired) electrons. The second-order valence-electron chi connectivity index (χ2n) is 3.83. The number of nitrogens with two attached hydrogens (primary N) is 1. The van der Waals surface area contributed by atoms with Crippen LogP contribution in [0.2, 0.25) is 0 Å². The monoisotopic (exact) mass is 250 g/mol. The van der Waals surface area contributed by atoms with E-state index in [1.807, 2.05) is 6.92 Å². The molecule has 1 rings (SSSR count). The van der Waals surface area contributed by atoms with Crippen LogP contribution in [0.4, 0.5) is 10.5 Å². The van der Waals surface area contributed by atoms with Crippen molar-refractivity contribution >= 4 is 17.6 Å². The van der Waals surface area contributed by atoms with Crippen molar-refractivity contribution in [2.24, 2.45) is 10.9 Å². The van der Waals surface area contributed by atoms with Crippen molar-refractivity contribution in [3.63, 3.8) is 0 Å². The third-order valence-corrected chi connectivity index (χ3v) is 2.47. The Hall–Kier alpha value is -2.24. The molecule has 0 saturated heterocycles. The maximum atomic E-state index is 11.8. The average Bonchev–Trinajstić information content (AvgIpc) is 2.43. The zero-order valence-electron chi connectivity index (χ0n) is 10.6. The van der Waals surface area contributed by atoms with Crippen LogP contribution in [0.1, 0.15) is 18.9 Å². The van der Waals surface area contributed by atoms with E-state index in [0.29, 0.717) is 17.8 Å². The first-order valence-corrected chi connectivity index (χ1v) is 5.69. The zero-order valence-corrected chi connectivity index (χ0v) is 10.6. The Kier molecular flexibility index (Phi) is 4.98. The molecule has 0 spiro atoms. The van der Waals surface area contributed by atoms with Crippen LogP contribution in [0.5, 0.6) is 0 Å². The van der Waals surface area contributed by atoms with E-state index < -0.39 is 0 Å². The molecule has 0 heterocycles. The molecule has 0 unspecified atom stereocenters. The summed E-state index contributed by atoms with van der Waals surface area (Å²) in [7, 11) is 1.66. The number of anilines is 1. The molecule has 6 nitrogen and oxygen atoms in total. The van der Waals surface area contributed by atoms with Crippen molar-refractivity contribution in [1.29, 1.82) is 0 Å². The van der Waals surface area contributed by atoms with Crippen LogP contribution < -0.4 is 16.0 Å². The van der Waals surface area contributed by atoms with Gasteiger partial charge in [0.2, 0.25) is 0 Å². The predicted molar refractivity (Wildman–Crippen MR) is 71.0 cm³/mol. The van der Waals surface area contributed by atoms with Gasteiger partial charge in [-0.05, 0) is 18.6 Å². The molecular formula is C12H18N4O2. The first kappa shape index (κ1) is 13.8. The van der Waals surface area contributed by atoms with Crippen molar-refractivity contribution in [2.45, 2.75) is 13.3 Å². The van der Waals surface area contributed by atoms with Crippen molar-refractivity contribution in [3.8, 4) is 0 Å². The number of hydrogen-bond acceptors (Lipinski definition) is 3. The average molecular weight is 250 g/mol. The molecule has 0 aliphatic carbocycles. The molecule has 0 fully saturated rings. The fourth-order valence-electron chi connectivity index (χ4n) is 1.40. The number of amides is 2. The van der Waals surface area contributed by atoms with E-state index in [9.17, 15) is 4.79 Å². The lowest BCUT2D eigenvalue weighted by molar-refractivity contribution is 0.247. The summed E-state index contributed by atoms with van der Waals surface area (Å²) in [6, 6.07) is 6.72. The molecule has 0 saturated carbocycles. The smallest absolute Gasteiger partial charge is 0.321 e. The molecular weight excluding hydrogens is 232 g/mol. The first-order valence-electron chi connectivity index (χ1n) is 5.69. The minimum Gasteiger partial charge on any atom is -0.409 e. The zero-order chi connectivity index (χ0) is 13.5. The highest BCUT2D eigenvalue weighted by Crippen LogP contribution is 2.14. The summed E-state index contributed by atoms with van der Waals surface area (Å²) in [5.41, 5.74) is 6.73. The van der Waals surface area contributed by atoms with Crippen molar-refractivity contribution in [3.05, 3.63) is 29.8 Å². The minimum atomic E-state index is -0.187. The predicted octanol–water partition coefficient (Wildman–Crippen LogP) is 1.34. The Bertz CT molecular complexity index is 445. The lowest BCUT2D eigenvalue weighted by atomic mass is 10.2. The Labute approximate surface area is 106 Å². The van der Waals surface area contributed by atoms with Crippen molar-refractivity contribution in [2.75, 3.05) is 18.5 Å². The number of carbonyl (C=O) groups is 1. The number of benzene rings is 1. The number of amidine groups is 1. The summed E-state index contributed by atoms with van der Waals surface area (Å²) in [6.45, 7) is 2.61. The lowest BCUT2D eigenvalue weighted by Gasteiger charge is -2.18. The summed E-state index contributed by atoms with van der Waals surface area (Å²) in [5.74, 6) is 0.0132. The number of rotatable bonds is 4. The van der Waals surface area contributed by atoms with E-state index in [0.717, 1.165) is 6.42 Å². The summed E-state index contributed by atoms with van der Waals surface area (Å²) in [6.07, 6.45) is 0.879. The van der Waals surface area contributed by atoms with E-state index in [-0.39, 0.29) is 11.9 Å². The second-order valence-corrected chi connectivity index (χ2v) is 3.83. The fourth-order valence-corrected chi connectivity index (χ4v) is 1.40. The standard InChI is InChI=1S/C12H18N4O2/c1-3-7-14-12(17)16(2)10-6-4-5-9(8-10)11(13)15-18/h4-6,8,18H,3,7H2,1-2H3,(H2,13,15)(H,14,17). The number of nitrogens with one attached hydrogen (secondary N) is 1. The van der Waals surface area contributed by atoms with E-state index in [1.54, 1.807) is 31.3 Å². The van der Waals surface area contributed by atoms with Crippen molar-refractivity contribution in [1.82, 2.24) is 5.32 Å². The normalized spacial score (nSPS) is 11.1. The molecule has 1 aromatic rings. The van der Waals surface area contributed by atoms with Gasteiger partial charge in [0.15, 0.2) is 5.84 Å². The molecule has 6 heteroatoms. The van der Waals surface area contributed by atoms with Crippen LogP contribution in [-0.2, 0) is 0 Å². The van der Waals surface area contributed by atoms with E-state index in [2.05, 4.69) is 10.5 Å². The van der Waals surface area contributed by atoms with E-state index in [1.165, 1.54) is 4.90 Å². The first-order chi connectivity index (χ1) is 8.60. The van der Waals surface area contributed by atoms with Crippen molar-refractivity contribution < 1.29 is 10.0 Å². The van der Waals surface area contributed by atoms with Gasteiger partial charge in [0.05, 0.1) is 0 Å². The molecule has 98 valence electrons. The quantitative estimate of drug-likeness (QED) is 0.326. The number of hydrogen-bond donors (Lipinski definition) is 3. The lowest BCUT2D eigenvalue weighted by Crippen LogP contribution is -2.37. The maximum Gasteiger partial charge on any atom is 0.321 e. The van der Waals surface area contributed by atoms with Gasteiger partial charge in [-0.1, -0.05) is 24.2 Å². The summed E-state index contributed by atoms with van der Waals surface area (Å²) in [4.78, 5) is 13.2. The van der Waals surface area contributed by atoms with Crippen LogP contribution in [0, 0.1) is 0 Å². The summed E-state index contributed by atoms with van der Waals surface area (Å²) in [5, 5.41) is 14.3. The van der Waals surface area contributed by atoms with Gasteiger partial charge in [-0.25, -0.2) is 4.79 Å². The van der Waals surface area contributed by atoms with Gasteiger partial charge in [-0.15, -0.1) is 0 Å². The van der Waals surface area contributed by atoms with Gasteiger partial charge < -0.3 is 16.3 Å². The van der Waals surface area contributed by atoms with Crippen LogP contribution in [0.3, 0.4) is 0 Å². The van der Waals surface area contributed by atoms with Gasteiger partial charge >= 0.3 is 6.03 Å². The third kappa shape index (κ3) is 3.38. The Balaban J connectivity index is 2.86. The second kappa shape index (κ2) is 6.48. The van der Waals surface area contributed by atoms with E-state index in [4.69, 9.17) is 10.9 Å². The molecule has 2 amide bonds. The van der Waals surface area contributed by atoms with E-state index >= 15 is 0 Å². The summed E-state index contributed by atoms with van der Waals surface area (Å²) >= 11 is 0. The molecule has 0 aliphatic rings. The van der Waals surface area contributed by atoms with Gasteiger partial charge in [-0.3, -0.25) is 4.90 Å². The highest BCUT2D eigenvalue weighted by molar-refractivity contribution is 5.99. The molecule has 0 atom stereocenters. The fraction of sp³-hybridized carbons (Fsp3) is 0.333. The maximum absolute atomic E-state index is 11.8.